The maximum absolute atomic E-state index is 9.43. The standard InChI is InChI=1S/C22H19N5/c23-12-17-11-18(15-25-14-17)16-26-9-3-4-10-27(26)22-8-7-19(13-24)20-5-1-2-6-21(20)22/h1-2,5-8,11,14-15H,3-4,9-10,16H2. The Kier molecular flexibility index (Phi) is 4.70. The number of hydrazine groups is 1. The maximum atomic E-state index is 9.43. The molecule has 4 rings (SSSR count). The van der Waals surface area contributed by atoms with Gasteiger partial charge in [0.2, 0.25) is 0 Å². The van der Waals surface area contributed by atoms with Gasteiger partial charge in [-0.1, -0.05) is 24.3 Å². The summed E-state index contributed by atoms with van der Waals surface area (Å²) in [6.45, 7) is 2.59. The quantitative estimate of drug-likeness (QED) is 0.712. The van der Waals surface area contributed by atoms with Gasteiger partial charge in [0.15, 0.2) is 0 Å². The average Bonchev–Trinajstić information content (AvgIpc) is 2.73. The van der Waals surface area contributed by atoms with Crippen LogP contribution in [-0.4, -0.2) is 23.1 Å². The van der Waals surface area contributed by atoms with E-state index in [9.17, 15) is 5.26 Å². The summed E-state index contributed by atoms with van der Waals surface area (Å²) in [6, 6.07) is 18.4. The van der Waals surface area contributed by atoms with E-state index in [1.165, 1.54) is 0 Å². The fourth-order valence-corrected chi connectivity index (χ4v) is 3.71. The van der Waals surface area contributed by atoms with Crippen LogP contribution in [0.5, 0.6) is 0 Å². The molecule has 0 amide bonds. The Hall–Kier alpha value is -3.41. The minimum absolute atomic E-state index is 0.583. The number of hydrogen-bond donors (Lipinski definition) is 0. The number of fused-ring (bicyclic) bond motifs is 1. The zero-order valence-corrected chi connectivity index (χ0v) is 15.0. The summed E-state index contributed by atoms with van der Waals surface area (Å²) < 4.78 is 0. The molecule has 5 nitrogen and oxygen atoms in total. The second-order valence-corrected chi connectivity index (χ2v) is 6.70. The lowest BCUT2D eigenvalue weighted by Crippen LogP contribution is -2.47. The van der Waals surface area contributed by atoms with Gasteiger partial charge in [0.05, 0.1) is 22.9 Å². The smallest absolute Gasteiger partial charge is 0.101 e. The lowest BCUT2D eigenvalue weighted by atomic mass is 10.0. The maximum Gasteiger partial charge on any atom is 0.101 e. The minimum atomic E-state index is 0.583. The van der Waals surface area contributed by atoms with Gasteiger partial charge in [-0.05, 0) is 36.6 Å². The van der Waals surface area contributed by atoms with Gasteiger partial charge in [-0.15, -0.1) is 0 Å². The minimum Gasteiger partial charge on any atom is -0.305 e. The van der Waals surface area contributed by atoms with Crippen LogP contribution in [0.3, 0.4) is 0 Å². The van der Waals surface area contributed by atoms with Crippen LogP contribution in [0.1, 0.15) is 29.5 Å². The molecule has 3 aromatic rings. The Balaban J connectivity index is 1.72. The Bertz CT molecular complexity index is 1060. The molecule has 1 fully saturated rings. The summed E-state index contributed by atoms with van der Waals surface area (Å²) in [5.74, 6) is 0. The van der Waals surface area contributed by atoms with Crippen LogP contribution in [-0.2, 0) is 6.54 Å². The number of anilines is 1. The lowest BCUT2D eigenvalue weighted by Gasteiger charge is -2.41. The molecule has 0 saturated carbocycles. The molecule has 2 aromatic carbocycles. The van der Waals surface area contributed by atoms with Crippen molar-refractivity contribution < 1.29 is 0 Å². The SMILES string of the molecule is N#Cc1cncc(CN2CCCCN2c2ccc(C#N)c3ccccc23)c1. The third kappa shape index (κ3) is 3.33. The molecule has 0 unspecified atom stereocenters. The van der Waals surface area contributed by atoms with Crippen molar-refractivity contribution in [2.45, 2.75) is 19.4 Å². The predicted molar refractivity (Wildman–Crippen MR) is 105 cm³/mol. The number of aromatic nitrogens is 1. The summed E-state index contributed by atoms with van der Waals surface area (Å²) in [6.07, 6.45) is 5.67. The molecular formula is C22H19N5. The highest BCUT2D eigenvalue weighted by molar-refractivity contribution is 5.97. The molecule has 27 heavy (non-hydrogen) atoms. The molecule has 1 aliphatic heterocycles. The molecule has 0 bridgehead atoms. The van der Waals surface area contributed by atoms with Gasteiger partial charge in [-0.25, -0.2) is 5.01 Å². The monoisotopic (exact) mass is 353 g/mol. The number of benzene rings is 2. The molecule has 2 heterocycles. The molecule has 1 saturated heterocycles. The van der Waals surface area contributed by atoms with E-state index in [1.807, 2.05) is 42.6 Å². The number of hydrogen-bond acceptors (Lipinski definition) is 5. The molecule has 0 aliphatic carbocycles. The number of pyridine rings is 1. The largest absolute Gasteiger partial charge is 0.305 e. The van der Waals surface area contributed by atoms with Crippen molar-refractivity contribution in [2.24, 2.45) is 0 Å². The summed E-state index contributed by atoms with van der Waals surface area (Å²) in [4.78, 5) is 4.19. The number of nitrogens with zero attached hydrogens (tertiary/aromatic N) is 5. The van der Waals surface area contributed by atoms with E-state index < -0.39 is 0 Å². The van der Waals surface area contributed by atoms with Gasteiger partial charge in [-0.2, -0.15) is 10.5 Å². The van der Waals surface area contributed by atoms with Gasteiger partial charge in [-0.3, -0.25) is 4.98 Å². The van der Waals surface area contributed by atoms with E-state index in [2.05, 4.69) is 33.2 Å². The Labute approximate surface area is 158 Å². The van der Waals surface area contributed by atoms with Crippen LogP contribution in [0.4, 0.5) is 5.69 Å². The van der Waals surface area contributed by atoms with Crippen LogP contribution in [0.25, 0.3) is 10.8 Å². The van der Waals surface area contributed by atoms with Gasteiger partial charge in [0.1, 0.15) is 6.07 Å². The van der Waals surface area contributed by atoms with Crippen LogP contribution in [0.15, 0.2) is 54.9 Å². The molecule has 1 aromatic heterocycles. The van der Waals surface area contributed by atoms with Crippen molar-refractivity contribution in [3.05, 3.63) is 71.5 Å². The van der Waals surface area contributed by atoms with Gasteiger partial charge >= 0.3 is 0 Å². The molecule has 0 atom stereocenters. The molecule has 0 spiro atoms. The first-order valence-corrected chi connectivity index (χ1v) is 9.08. The topological polar surface area (TPSA) is 67.0 Å². The summed E-state index contributed by atoms with van der Waals surface area (Å²) >= 11 is 0. The number of nitriles is 2. The normalized spacial score (nSPS) is 14.7. The van der Waals surface area contributed by atoms with Crippen LogP contribution >= 0.6 is 0 Å². The van der Waals surface area contributed by atoms with Gasteiger partial charge < -0.3 is 5.01 Å². The first-order chi connectivity index (χ1) is 13.3. The summed E-state index contributed by atoms with van der Waals surface area (Å²) in [7, 11) is 0. The molecule has 0 radical (unpaired) electrons. The van der Waals surface area contributed by atoms with E-state index >= 15 is 0 Å². The lowest BCUT2D eigenvalue weighted by molar-refractivity contribution is 0.205. The van der Waals surface area contributed by atoms with Crippen molar-refractivity contribution in [1.82, 2.24) is 9.99 Å². The van der Waals surface area contributed by atoms with Crippen LogP contribution < -0.4 is 5.01 Å². The first-order valence-electron chi connectivity index (χ1n) is 9.08. The van der Waals surface area contributed by atoms with Crippen LogP contribution in [0.2, 0.25) is 0 Å². The van der Waals surface area contributed by atoms with Crippen molar-refractivity contribution >= 4 is 16.5 Å². The number of rotatable bonds is 3. The van der Waals surface area contributed by atoms with E-state index in [0.29, 0.717) is 17.7 Å². The average molecular weight is 353 g/mol. The molecular weight excluding hydrogens is 334 g/mol. The second kappa shape index (κ2) is 7.45. The molecule has 1 aliphatic rings. The zero-order chi connectivity index (χ0) is 18.6. The van der Waals surface area contributed by atoms with Crippen molar-refractivity contribution in [2.75, 3.05) is 18.1 Å². The Morgan fingerprint density at radius 1 is 0.926 bits per heavy atom. The van der Waals surface area contributed by atoms with Crippen molar-refractivity contribution in [1.29, 1.82) is 10.5 Å². The second-order valence-electron chi connectivity index (χ2n) is 6.70. The van der Waals surface area contributed by atoms with E-state index in [-0.39, 0.29) is 0 Å². The van der Waals surface area contributed by atoms with E-state index in [4.69, 9.17) is 5.26 Å². The third-order valence-corrected chi connectivity index (χ3v) is 4.97. The fraction of sp³-hybridized carbons (Fsp3) is 0.227. The van der Waals surface area contributed by atoms with E-state index in [1.54, 1.807) is 6.20 Å². The summed E-state index contributed by atoms with van der Waals surface area (Å²) in [5.41, 5.74) is 3.43. The van der Waals surface area contributed by atoms with E-state index in [0.717, 1.165) is 48.0 Å². The molecule has 0 N–H and O–H groups in total. The highest BCUT2D eigenvalue weighted by atomic mass is 15.6. The third-order valence-electron chi connectivity index (χ3n) is 4.97. The first kappa shape index (κ1) is 17.0. The van der Waals surface area contributed by atoms with Gasteiger partial charge in [0, 0.05) is 42.8 Å². The highest BCUT2D eigenvalue weighted by Crippen LogP contribution is 2.32. The van der Waals surface area contributed by atoms with Crippen molar-refractivity contribution in [3.63, 3.8) is 0 Å². The predicted octanol–water partition coefficient (Wildman–Crippen LogP) is 4.00. The van der Waals surface area contributed by atoms with Crippen LogP contribution in [0, 0.1) is 22.7 Å². The Morgan fingerprint density at radius 2 is 1.74 bits per heavy atom. The fourth-order valence-electron chi connectivity index (χ4n) is 3.71. The molecule has 132 valence electrons. The van der Waals surface area contributed by atoms with Crippen molar-refractivity contribution in [3.8, 4) is 12.1 Å². The van der Waals surface area contributed by atoms with Gasteiger partial charge in [0.25, 0.3) is 0 Å². The zero-order valence-electron chi connectivity index (χ0n) is 15.0. The Morgan fingerprint density at radius 3 is 2.56 bits per heavy atom. The highest BCUT2D eigenvalue weighted by Gasteiger charge is 2.22. The summed E-state index contributed by atoms with van der Waals surface area (Å²) in [5, 5.41) is 25.3. The molecule has 5 heteroatoms.